The normalized spacial score (nSPS) is 10.7. The van der Waals surface area contributed by atoms with E-state index in [1.807, 2.05) is 30.3 Å². The van der Waals surface area contributed by atoms with Crippen molar-refractivity contribution in [3.63, 3.8) is 0 Å². The predicted molar refractivity (Wildman–Crippen MR) is 72.2 cm³/mol. The molecule has 0 saturated heterocycles. The van der Waals surface area contributed by atoms with Crippen molar-refractivity contribution in [2.45, 2.75) is 6.54 Å². The van der Waals surface area contributed by atoms with Crippen LogP contribution in [0.25, 0.3) is 10.9 Å². The fourth-order valence-corrected chi connectivity index (χ4v) is 2.05. The number of aromatic nitrogens is 3. The van der Waals surface area contributed by atoms with Gasteiger partial charge in [-0.2, -0.15) is 0 Å². The van der Waals surface area contributed by atoms with Crippen LogP contribution in [0.4, 0.5) is 0 Å². The number of H-pyrrole nitrogens is 1. The molecule has 1 N–H and O–H groups in total. The molecule has 0 amide bonds. The number of benzene rings is 1. The Kier molecular flexibility index (Phi) is 2.72. The first-order valence-corrected chi connectivity index (χ1v) is 5.86. The number of nitrogens with one attached hydrogen (secondary N) is 1. The van der Waals surface area contributed by atoms with Crippen LogP contribution < -0.4 is 11.2 Å². The molecule has 0 aliphatic heterocycles. The van der Waals surface area contributed by atoms with E-state index in [1.165, 1.54) is 16.8 Å². The molecule has 0 bridgehead atoms. The highest BCUT2D eigenvalue weighted by molar-refractivity contribution is 5.81. The molecule has 0 aliphatic rings. The average molecular weight is 253 g/mol. The Bertz CT molecular complexity index is 843. The fraction of sp³-hybridized carbons (Fsp3) is 0.0714. The summed E-state index contributed by atoms with van der Waals surface area (Å²) in [5, 5.41) is 1.00. The van der Waals surface area contributed by atoms with Gasteiger partial charge in [-0.25, -0.2) is 4.79 Å². The Morgan fingerprint density at radius 1 is 1.11 bits per heavy atom. The summed E-state index contributed by atoms with van der Waals surface area (Å²) in [6, 6.07) is 11.0. The van der Waals surface area contributed by atoms with Crippen LogP contribution >= 0.6 is 0 Å². The van der Waals surface area contributed by atoms with Crippen LogP contribution in [0.5, 0.6) is 0 Å². The van der Waals surface area contributed by atoms with Crippen LogP contribution in [-0.2, 0) is 6.54 Å². The van der Waals surface area contributed by atoms with E-state index in [-0.39, 0.29) is 5.56 Å². The standard InChI is InChI=1S/C14H11N3O2/c18-13-6-8-17(14(19)16-13)9-10-5-7-15-12-4-2-1-3-11(10)12/h1-8H,9H2,(H,16,18,19). The van der Waals surface area contributed by atoms with E-state index in [0.717, 1.165) is 16.5 Å². The van der Waals surface area contributed by atoms with Gasteiger partial charge in [0.2, 0.25) is 0 Å². The lowest BCUT2D eigenvalue weighted by Gasteiger charge is -2.07. The highest BCUT2D eigenvalue weighted by atomic mass is 16.2. The number of nitrogens with zero attached hydrogens (tertiary/aromatic N) is 2. The van der Waals surface area contributed by atoms with Gasteiger partial charge in [0, 0.05) is 23.8 Å². The van der Waals surface area contributed by atoms with Crippen molar-refractivity contribution in [3.05, 3.63) is 75.2 Å². The van der Waals surface area contributed by atoms with Gasteiger partial charge < -0.3 is 0 Å². The first-order chi connectivity index (χ1) is 9.24. The van der Waals surface area contributed by atoms with E-state index in [9.17, 15) is 9.59 Å². The smallest absolute Gasteiger partial charge is 0.296 e. The highest BCUT2D eigenvalue weighted by Crippen LogP contribution is 2.16. The van der Waals surface area contributed by atoms with Gasteiger partial charge >= 0.3 is 5.69 Å². The summed E-state index contributed by atoms with van der Waals surface area (Å²) in [6.45, 7) is 0.401. The van der Waals surface area contributed by atoms with Gasteiger partial charge in [0.15, 0.2) is 0 Å². The van der Waals surface area contributed by atoms with Crippen LogP contribution in [-0.4, -0.2) is 14.5 Å². The topological polar surface area (TPSA) is 67.8 Å². The van der Waals surface area contributed by atoms with Crippen LogP contribution in [0.3, 0.4) is 0 Å². The molecule has 0 fully saturated rings. The van der Waals surface area contributed by atoms with E-state index in [1.54, 1.807) is 6.20 Å². The monoisotopic (exact) mass is 253 g/mol. The van der Waals surface area contributed by atoms with Crippen molar-refractivity contribution in [1.82, 2.24) is 14.5 Å². The van der Waals surface area contributed by atoms with Crippen molar-refractivity contribution >= 4 is 10.9 Å². The van der Waals surface area contributed by atoms with Crippen LogP contribution in [0, 0.1) is 0 Å². The fourth-order valence-electron chi connectivity index (χ4n) is 2.05. The number of hydrogen-bond donors (Lipinski definition) is 1. The second kappa shape index (κ2) is 4.53. The molecule has 19 heavy (non-hydrogen) atoms. The minimum absolute atomic E-state index is 0.388. The van der Waals surface area contributed by atoms with Crippen LogP contribution in [0.2, 0.25) is 0 Å². The number of rotatable bonds is 2. The molecule has 0 radical (unpaired) electrons. The summed E-state index contributed by atoms with van der Waals surface area (Å²) in [6.07, 6.45) is 3.21. The third-order valence-electron chi connectivity index (χ3n) is 2.98. The van der Waals surface area contributed by atoms with Crippen molar-refractivity contribution < 1.29 is 0 Å². The van der Waals surface area contributed by atoms with Crippen LogP contribution in [0.1, 0.15) is 5.56 Å². The summed E-state index contributed by atoms with van der Waals surface area (Å²) < 4.78 is 1.46. The zero-order valence-electron chi connectivity index (χ0n) is 10.0. The van der Waals surface area contributed by atoms with Gasteiger partial charge in [0.1, 0.15) is 0 Å². The third-order valence-corrected chi connectivity index (χ3v) is 2.98. The second-order valence-corrected chi connectivity index (χ2v) is 4.23. The Balaban J connectivity index is 2.11. The largest absolute Gasteiger partial charge is 0.328 e. The summed E-state index contributed by atoms with van der Waals surface area (Å²) in [4.78, 5) is 29.2. The Labute approximate surface area is 108 Å². The van der Waals surface area contributed by atoms with E-state index >= 15 is 0 Å². The molecular weight excluding hydrogens is 242 g/mol. The molecule has 94 valence electrons. The predicted octanol–water partition coefficient (Wildman–Crippen LogP) is 1.13. The van der Waals surface area contributed by atoms with Gasteiger partial charge in [-0.1, -0.05) is 18.2 Å². The first-order valence-electron chi connectivity index (χ1n) is 5.86. The molecule has 1 aromatic carbocycles. The Morgan fingerprint density at radius 3 is 2.79 bits per heavy atom. The molecule has 0 atom stereocenters. The summed E-state index contributed by atoms with van der Waals surface area (Å²) in [5.74, 6) is 0. The van der Waals surface area contributed by atoms with E-state index in [0.29, 0.717) is 6.54 Å². The second-order valence-electron chi connectivity index (χ2n) is 4.23. The maximum absolute atomic E-state index is 11.7. The lowest BCUT2D eigenvalue weighted by atomic mass is 10.1. The average Bonchev–Trinajstić information content (AvgIpc) is 2.42. The SMILES string of the molecule is O=c1ccn(Cc2ccnc3ccccc23)c(=O)[nH]1. The molecule has 0 unspecified atom stereocenters. The maximum atomic E-state index is 11.7. The number of pyridine rings is 1. The summed E-state index contributed by atoms with van der Waals surface area (Å²) in [7, 11) is 0. The third kappa shape index (κ3) is 2.18. The van der Waals surface area contributed by atoms with E-state index in [4.69, 9.17) is 0 Å². The molecule has 5 heteroatoms. The molecule has 2 aromatic heterocycles. The Morgan fingerprint density at radius 2 is 1.95 bits per heavy atom. The minimum Gasteiger partial charge on any atom is -0.296 e. The lowest BCUT2D eigenvalue weighted by molar-refractivity contribution is 0.723. The molecule has 0 spiro atoms. The van der Waals surface area contributed by atoms with Crippen molar-refractivity contribution in [2.75, 3.05) is 0 Å². The molecule has 2 heterocycles. The summed E-state index contributed by atoms with van der Waals surface area (Å²) in [5.41, 5.74) is 1.08. The maximum Gasteiger partial charge on any atom is 0.328 e. The molecule has 5 nitrogen and oxygen atoms in total. The molecule has 3 aromatic rings. The highest BCUT2D eigenvalue weighted by Gasteiger charge is 2.03. The molecular formula is C14H11N3O2. The van der Waals surface area contributed by atoms with E-state index < -0.39 is 5.69 Å². The van der Waals surface area contributed by atoms with Gasteiger partial charge in [-0.15, -0.1) is 0 Å². The van der Waals surface area contributed by atoms with Gasteiger partial charge in [-0.05, 0) is 17.7 Å². The van der Waals surface area contributed by atoms with E-state index in [2.05, 4.69) is 9.97 Å². The van der Waals surface area contributed by atoms with Crippen LogP contribution in [0.15, 0.2) is 58.4 Å². The van der Waals surface area contributed by atoms with Crippen molar-refractivity contribution in [3.8, 4) is 0 Å². The molecule has 0 aliphatic carbocycles. The van der Waals surface area contributed by atoms with Gasteiger partial charge in [-0.3, -0.25) is 19.3 Å². The number of aromatic amines is 1. The van der Waals surface area contributed by atoms with Gasteiger partial charge in [0.05, 0.1) is 12.1 Å². The first kappa shape index (κ1) is 11.4. The zero-order valence-corrected chi connectivity index (χ0v) is 10.0. The number of para-hydroxylation sites is 1. The lowest BCUT2D eigenvalue weighted by Crippen LogP contribution is -2.28. The van der Waals surface area contributed by atoms with Crippen molar-refractivity contribution in [1.29, 1.82) is 0 Å². The van der Waals surface area contributed by atoms with Gasteiger partial charge in [0.25, 0.3) is 5.56 Å². The quantitative estimate of drug-likeness (QED) is 0.744. The van der Waals surface area contributed by atoms with Crippen molar-refractivity contribution in [2.24, 2.45) is 0 Å². The number of hydrogen-bond acceptors (Lipinski definition) is 3. The molecule has 3 rings (SSSR count). The molecule has 0 saturated carbocycles. The summed E-state index contributed by atoms with van der Waals surface area (Å²) >= 11 is 0. The Hall–Kier alpha value is -2.69. The number of fused-ring (bicyclic) bond motifs is 1. The zero-order chi connectivity index (χ0) is 13.2. The minimum atomic E-state index is -0.409.